The monoisotopic (exact) mass is 520 g/mol. The number of hydrogen-bond donors (Lipinski definition) is 4. The third-order valence-corrected chi connectivity index (χ3v) is 7.61. The van der Waals surface area contributed by atoms with Crippen LogP contribution in [0.25, 0.3) is 0 Å². The largest absolute Gasteiger partial charge is 0.477 e. The molecule has 176 valence electrons. The van der Waals surface area contributed by atoms with E-state index in [9.17, 15) is 19.5 Å². The van der Waals surface area contributed by atoms with Crippen LogP contribution in [0, 0.1) is 12.3 Å². The van der Waals surface area contributed by atoms with Crippen LogP contribution in [0.15, 0.2) is 33.0 Å². The molecule has 34 heavy (non-hydrogen) atoms. The summed E-state index contributed by atoms with van der Waals surface area (Å²) in [5, 5.41) is 28.0. The van der Waals surface area contributed by atoms with Gasteiger partial charge in [-0.2, -0.15) is 10.3 Å². The van der Waals surface area contributed by atoms with E-state index < -0.39 is 29.2 Å². The Balaban J connectivity index is 1.49. The van der Waals surface area contributed by atoms with Gasteiger partial charge in [-0.25, -0.2) is 9.78 Å². The lowest BCUT2D eigenvalue weighted by molar-refractivity contribution is -0.150. The Hall–Kier alpha value is -3.55. The predicted molar refractivity (Wildman–Crippen MR) is 125 cm³/mol. The minimum Gasteiger partial charge on any atom is -0.477 e. The number of hydrogen-bond acceptors (Lipinski definition) is 12. The molecule has 0 spiro atoms. The summed E-state index contributed by atoms with van der Waals surface area (Å²) >= 11 is 3.75. The van der Waals surface area contributed by atoms with Crippen LogP contribution >= 0.6 is 34.9 Å². The topological polar surface area (TPSA) is 189 Å². The molecule has 1 saturated heterocycles. The molecule has 0 aliphatic carbocycles. The maximum atomic E-state index is 12.9. The molecule has 2 atom stereocenters. The summed E-state index contributed by atoms with van der Waals surface area (Å²) in [7, 11) is 0. The molecule has 0 radical (unpaired) electrons. The second-order valence-corrected chi connectivity index (χ2v) is 9.69. The molecule has 13 nitrogen and oxygen atoms in total. The molecule has 2 aliphatic rings. The summed E-state index contributed by atoms with van der Waals surface area (Å²) in [6, 6.07) is -0.953. The normalized spacial score (nSPS) is 19.8. The van der Waals surface area contributed by atoms with E-state index in [0.29, 0.717) is 22.1 Å². The summed E-state index contributed by atoms with van der Waals surface area (Å²) < 4.78 is 0. The van der Waals surface area contributed by atoms with Crippen molar-refractivity contribution in [2.45, 2.75) is 16.4 Å². The number of aliphatic carboxylic acids is 1. The maximum Gasteiger partial charge on any atom is 0.352 e. The lowest BCUT2D eigenvalue weighted by Crippen LogP contribution is -2.71. The first kappa shape index (κ1) is 23.6. The summed E-state index contributed by atoms with van der Waals surface area (Å²) in [4.78, 5) is 47.9. The fourth-order valence-electron chi connectivity index (χ4n) is 3.16. The first-order chi connectivity index (χ1) is 16.4. The van der Waals surface area contributed by atoms with Gasteiger partial charge in [0, 0.05) is 16.9 Å². The van der Waals surface area contributed by atoms with Gasteiger partial charge in [0.15, 0.2) is 17.5 Å². The first-order valence-corrected chi connectivity index (χ1v) is 12.4. The number of oxime groups is 1. The molecule has 5 N–H and O–H groups in total. The maximum absolute atomic E-state index is 12.9. The van der Waals surface area contributed by atoms with Crippen LogP contribution < -0.4 is 11.1 Å². The number of anilines is 1. The molecule has 1 fully saturated rings. The minimum absolute atomic E-state index is 0.0891. The van der Waals surface area contributed by atoms with Gasteiger partial charge in [0.2, 0.25) is 0 Å². The van der Waals surface area contributed by atoms with Crippen molar-refractivity contribution in [3.05, 3.63) is 28.5 Å². The number of nitrogens with one attached hydrogen (secondary N) is 2. The Morgan fingerprint density at radius 3 is 3.00 bits per heavy atom. The second kappa shape index (κ2) is 10.2. The van der Waals surface area contributed by atoms with Crippen molar-refractivity contribution in [1.82, 2.24) is 30.6 Å². The molecule has 2 aromatic rings. The Labute approximate surface area is 204 Å². The molecule has 4 rings (SSSR count). The average Bonchev–Trinajstić information content (AvgIpc) is 3.49. The molecule has 0 saturated carbocycles. The van der Waals surface area contributed by atoms with Crippen LogP contribution in [-0.2, 0) is 19.2 Å². The smallest absolute Gasteiger partial charge is 0.352 e. The van der Waals surface area contributed by atoms with Gasteiger partial charge in [-0.05, 0) is 5.57 Å². The van der Waals surface area contributed by atoms with Gasteiger partial charge in [0.05, 0.1) is 6.20 Å². The fourth-order valence-corrected chi connectivity index (χ4v) is 5.98. The summed E-state index contributed by atoms with van der Waals surface area (Å²) in [6.07, 6.45) is 6.66. The standard InChI is InChI=1S/C18H16N8O5S3/c1-2-3-31-24-11(9-7-34-18(19)21-9)14(27)22-12-15(28)26-13(17(29)30)8(6-33-16(12)26)5-32-10-4-20-25-23-10/h1,4,7,12,16H,3,5-6H2,(H2,19,21)(H,22,27)(H,29,30)(H,20,23,25)/t12?,16-/m1/s1. The Kier molecular flexibility index (Phi) is 7.05. The first-order valence-electron chi connectivity index (χ1n) is 9.45. The Morgan fingerprint density at radius 2 is 2.35 bits per heavy atom. The van der Waals surface area contributed by atoms with E-state index in [4.69, 9.17) is 17.0 Å². The number of thiazole rings is 1. The van der Waals surface area contributed by atoms with Crippen molar-refractivity contribution >= 4 is 63.5 Å². The molecule has 2 aromatic heterocycles. The number of aromatic amines is 1. The number of terminal acetylenes is 1. The zero-order valence-corrected chi connectivity index (χ0v) is 19.6. The summed E-state index contributed by atoms with van der Waals surface area (Å²) in [5.74, 6) is 0.416. The number of aromatic nitrogens is 4. The number of H-pyrrole nitrogens is 1. The molecule has 2 aliphatic heterocycles. The summed E-state index contributed by atoms with van der Waals surface area (Å²) in [6.45, 7) is -0.174. The number of carbonyl (C=O) groups excluding carboxylic acids is 2. The van der Waals surface area contributed by atoms with Gasteiger partial charge in [0.1, 0.15) is 27.8 Å². The van der Waals surface area contributed by atoms with Crippen molar-refractivity contribution in [1.29, 1.82) is 0 Å². The van der Waals surface area contributed by atoms with Crippen molar-refractivity contribution < 1.29 is 24.3 Å². The minimum atomic E-state index is -1.22. The van der Waals surface area contributed by atoms with Crippen molar-refractivity contribution in [2.75, 3.05) is 23.8 Å². The van der Waals surface area contributed by atoms with E-state index >= 15 is 0 Å². The number of thioether (sulfide) groups is 2. The quantitative estimate of drug-likeness (QED) is 0.0850. The van der Waals surface area contributed by atoms with E-state index in [2.05, 4.69) is 36.8 Å². The van der Waals surface area contributed by atoms with Crippen LogP contribution in [0.1, 0.15) is 5.69 Å². The molecule has 1 unspecified atom stereocenters. The number of nitrogens with zero attached hydrogens (tertiary/aromatic N) is 5. The van der Waals surface area contributed by atoms with Crippen molar-refractivity contribution in [3.63, 3.8) is 0 Å². The molecular formula is C18H16N8O5S3. The van der Waals surface area contributed by atoms with Crippen molar-refractivity contribution in [2.24, 2.45) is 5.16 Å². The summed E-state index contributed by atoms with van der Waals surface area (Å²) in [5.41, 5.74) is 6.09. The van der Waals surface area contributed by atoms with Gasteiger partial charge >= 0.3 is 5.97 Å². The van der Waals surface area contributed by atoms with E-state index in [-0.39, 0.29) is 28.8 Å². The average molecular weight is 521 g/mol. The van der Waals surface area contributed by atoms with Gasteiger partial charge < -0.3 is 21.0 Å². The van der Waals surface area contributed by atoms with Crippen LogP contribution in [0.5, 0.6) is 0 Å². The van der Waals surface area contributed by atoms with Gasteiger partial charge in [0.25, 0.3) is 11.8 Å². The number of β-lactam (4-membered cyclic amide) rings is 1. The van der Waals surface area contributed by atoms with E-state index in [1.807, 2.05) is 0 Å². The third-order valence-electron chi connectivity index (χ3n) is 4.61. The highest BCUT2D eigenvalue weighted by Gasteiger charge is 2.54. The highest BCUT2D eigenvalue weighted by atomic mass is 32.2. The molecule has 0 aromatic carbocycles. The SMILES string of the molecule is C#CCON=C(C(=O)NC1C(=O)N2C(C(=O)O)=C(CSc3cn[nH]n3)CS[C@H]12)c1csc(N)n1. The molecule has 16 heteroatoms. The number of carbonyl (C=O) groups is 3. The zero-order valence-electron chi connectivity index (χ0n) is 17.1. The van der Waals surface area contributed by atoms with Crippen LogP contribution in [0.2, 0.25) is 0 Å². The number of nitrogens with two attached hydrogens (primary N) is 1. The van der Waals surface area contributed by atoms with E-state index in [1.54, 1.807) is 0 Å². The van der Waals surface area contributed by atoms with Gasteiger partial charge in [-0.15, -0.1) is 34.6 Å². The van der Waals surface area contributed by atoms with Crippen LogP contribution in [-0.4, -0.2) is 83.4 Å². The number of nitrogen functional groups attached to an aromatic ring is 1. The number of amides is 2. The highest BCUT2D eigenvalue weighted by Crippen LogP contribution is 2.41. The van der Waals surface area contributed by atoms with Crippen LogP contribution in [0.3, 0.4) is 0 Å². The lowest BCUT2D eigenvalue weighted by Gasteiger charge is -2.49. The molecule has 4 heterocycles. The van der Waals surface area contributed by atoms with Crippen LogP contribution in [0.4, 0.5) is 5.13 Å². The predicted octanol–water partition coefficient (Wildman–Crippen LogP) is -0.272. The highest BCUT2D eigenvalue weighted by molar-refractivity contribution is 8.01. The van der Waals surface area contributed by atoms with E-state index in [1.165, 1.54) is 40.0 Å². The molecule has 2 amide bonds. The zero-order chi connectivity index (χ0) is 24.2. The Bertz CT molecular complexity index is 1220. The molecular weight excluding hydrogens is 504 g/mol. The van der Waals surface area contributed by atoms with Gasteiger partial charge in [-0.3, -0.25) is 14.5 Å². The Morgan fingerprint density at radius 1 is 1.53 bits per heavy atom. The number of carboxylic acids is 1. The lowest BCUT2D eigenvalue weighted by atomic mass is 10.0. The third kappa shape index (κ3) is 4.71. The molecule has 0 bridgehead atoms. The number of carboxylic acid groups (broad SMARTS) is 1. The number of fused-ring (bicyclic) bond motifs is 1. The van der Waals surface area contributed by atoms with E-state index in [0.717, 1.165) is 11.3 Å². The second-order valence-electron chi connectivity index (χ2n) is 6.70. The van der Waals surface area contributed by atoms with Crippen molar-refractivity contribution in [3.8, 4) is 12.3 Å². The fraction of sp³-hybridized carbons (Fsp3) is 0.278. The van der Waals surface area contributed by atoms with Gasteiger partial charge in [-0.1, -0.05) is 22.8 Å². The number of rotatable bonds is 9.